The Hall–Kier alpha value is -1.75. The number of hydrogen-bond acceptors (Lipinski definition) is 4. The van der Waals surface area contributed by atoms with Crippen molar-refractivity contribution in [2.24, 2.45) is 13.0 Å². The predicted octanol–water partition coefficient (Wildman–Crippen LogP) is 1.62. The van der Waals surface area contributed by atoms with Gasteiger partial charge in [0.25, 0.3) is 0 Å². The van der Waals surface area contributed by atoms with Gasteiger partial charge in [0, 0.05) is 26.0 Å². The van der Waals surface area contributed by atoms with Crippen molar-refractivity contribution in [3.63, 3.8) is 0 Å². The second-order valence-electron chi connectivity index (χ2n) is 4.80. The minimum Gasteiger partial charge on any atom is -0.311 e. The molecular weight excluding hydrogens is 226 g/mol. The van der Waals surface area contributed by atoms with Crippen LogP contribution in [0.1, 0.15) is 19.5 Å². The van der Waals surface area contributed by atoms with Gasteiger partial charge in [0.1, 0.15) is 0 Å². The Kier molecular flexibility index (Phi) is 4.04. The standard InChI is InChI=1S/C13H19N5/c1-10(2)6-14-8-12-4-5-15-13(17-12)11-7-16-18(3)9-11/h4-5,7,9-10,14H,6,8H2,1-3H3. The van der Waals surface area contributed by atoms with Crippen molar-refractivity contribution in [1.82, 2.24) is 25.1 Å². The van der Waals surface area contributed by atoms with Crippen LogP contribution in [-0.4, -0.2) is 26.3 Å². The minimum absolute atomic E-state index is 0.643. The van der Waals surface area contributed by atoms with Crippen molar-refractivity contribution in [3.05, 3.63) is 30.4 Å². The predicted molar refractivity (Wildman–Crippen MR) is 70.8 cm³/mol. The summed E-state index contributed by atoms with van der Waals surface area (Å²) < 4.78 is 1.75. The molecule has 2 aromatic heterocycles. The van der Waals surface area contributed by atoms with Crippen molar-refractivity contribution in [2.75, 3.05) is 6.54 Å². The Morgan fingerprint density at radius 3 is 2.89 bits per heavy atom. The first-order valence-corrected chi connectivity index (χ1v) is 6.17. The number of aryl methyl sites for hydroxylation is 1. The lowest BCUT2D eigenvalue weighted by Gasteiger charge is -2.07. The Morgan fingerprint density at radius 2 is 2.22 bits per heavy atom. The molecule has 0 unspecified atom stereocenters. The van der Waals surface area contributed by atoms with Crippen LogP contribution >= 0.6 is 0 Å². The lowest BCUT2D eigenvalue weighted by atomic mass is 10.2. The third kappa shape index (κ3) is 3.37. The fraction of sp³-hybridized carbons (Fsp3) is 0.462. The molecule has 2 aromatic rings. The van der Waals surface area contributed by atoms with E-state index in [0.29, 0.717) is 5.92 Å². The van der Waals surface area contributed by atoms with Gasteiger partial charge < -0.3 is 5.32 Å². The van der Waals surface area contributed by atoms with Crippen LogP contribution in [0.5, 0.6) is 0 Å². The van der Waals surface area contributed by atoms with Crippen molar-refractivity contribution >= 4 is 0 Å². The van der Waals surface area contributed by atoms with E-state index < -0.39 is 0 Å². The molecule has 0 bridgehead atoms. The number of aromatic nitrogens is 4. The van der Waals surface area contributed by atoms with E-state index in [1.165, 1.54) is 0 Å². The van der Waals surface area contributed by atoms with Gasteiger partial charge in [-0.1, -0.05) is 13.8 Å². The molecule has 1 N–H and O–H groups in total. The highest BCUT2D eigenvalue weighted by atomic mass is 15.2. The summed E-state index contributed by atoms with van der Waals surface area (Å²) in [5.74, 6) is 1.37. The maximum absolute atomic E-state index is 4.53. The Morgan fingerprint density at radius 1 is 1.39 bits per heavy atom. The number of nitrogens with one attached hydrogen (secondary N) is 1. The first kappa shape index (κ1) is 12.7. The fourth-order valence-electron chi connectivity index (χ4n) is 1.66. The third-order valence-electron chi connectivity index (χ3n) is 2.54. The molecule has 5 heteroatoms. The van der Waals surface area contributed by atoms with E-state index in [-0.39, 0.29) is 0 Å². The third-order valence-corrected chi connectivity index (χ3v) is 2.54. The smallest absolute Gasteiger partial charge is 0.162 e. The number of rotatable bonds is 5. The second-order valence-corrected chi connectivity index (χ2v) is 4.80. The topological polar surface area (TPSA) is 55.6 Å². The van der Waals surface area contributed by atoms with Crippen molar-refractivity contribution in [1.29, 1.82) is 0 Å². The van der Waals surface area contributed by atoms with E-state index in [9.17, 15) is 0 Å². The lowest BCUT2D eigenvalue weighted by molar-refractivity contribution is 0.548. The molecule has 0 fully saturated rings. The van der Waals surface area contributed by atoms with Crippen LogP contribution in [-0.2, 0) is 13.6 Å². The molecule has 0 spiro atoms. The van der Waals surface area contributed by atoms with Crippen LogP contribution in [0.3, 0.4) is 0 Å². The maximum Gasteiger partial charge on any atom is 0.162 e. The van der Waals surface area contributed by atoms with Crippen molar-refractivity contribution in [3.8, 4) is 11.4 Å². The highest BCUT2D eigenvalue weighted by Gasteiger charge is 2.04. The molecule has 0 radical (unpaired) electrons. The number of hydrogen-bond donors (Lipinski definition) is 1. The molecule has 2 heterocycles. The molecule has 0 aliphatic carbocycles. The first-order chi connectivity index (χ1) is 8.65. The zero-order valence-electron chi connectivity index (χ0n) is 11.1. The van der Waals surface area contributed by atoms with Crippen molar-refractivity contribution in [2.45, 2.75) is 20.4 Å². The second kappa shape index (κ2) is 5.73. The quantitative estimate of drug-likeness (QED) is 0.869. The average Bonchev–Trinajstić information content (AvgIpc) is 2.76. The van der Waals surface area contributed by atoms with E-state index >= 15 is 0 Å². The van der Waals surface area contributed by atoms with E-state index in [1.807, 2.05) is 19.3 Å². The molecule has 0 aliphatic heterocycles. The maximum atomic E-state index is 4.53. The zero-order chi connectivity index (χ0) is 13.0. The highest BCUT2D eigenvalue weighted by molar-refractivity contribution is 5.51. The van der Waals surface area contributed by atoms with E-state index in [0.717, 1.165) is 30.2 Å². The molecule has 0 saturated heterocycles. The molecule has 18 heavy (non-hydrogen) atoms. The summed E-state index contributed by atoms with van der Waals surface area (Å²) in [7, 11) is 1.89. The van der Waals surface area contributed by atoms with E-state index in [2.05, 4.69) is 34.2 Å². The summed E-state index contributed by atoms with van der Waals surface area (Å²) in [6, 6.07) is 1.94. The molecule has 2 rings (SSSR count). The molecule has 0 saturated carbocycles. The largest absolute Gasteiger partial charge is 0.311 e. The summed E-state index contributed by atoms with van der Waals surface area (Å²) in [6.07, 6.45) is 5.49. The summed E-state index contributed by atoms with van der Waals surface area (Å²) >= 11 is 0. The average molecular weight is 245 g/mol. The fourth-order valence-corrected chi connectivity index (χ4v) is 1.66. The SMILES string of the molecule is CC(C)CNCc1ccnc(-c2cnn(C)c2)n1. The molecule has 0 aliphatic rings. The molecule has 0 aromatic carbocycles. The van der Waals surface area contributed by atoms with E-state index in [4.69, 9.17) is 0 Å². The molecule has 0 amide bonds. The summed E-state index contributed by atoms with van der Waals surface area (Å²) in [5.41, 5.74) is 1.95. The Balaban J connectivity index is 2.05. The van der Waals surface area contributed by atoms with Crippen LogP contribution < -0.4 is 5.32 Å². The van der Waals surface area contributed by atoms with Gasteiger partial charge in [-0.2, -0.15) is 5.10 Å². The van der Waals surface area contributed by atoms with Gasteiger partial charge >= 0.3 is 0 Å². The van der Waals surface area contributed by atoms with E-state index in [1.54, 1.807) is 17.1 Å². The molecular formula is C13H19N5. The molecule has 0 atom stereocenters. The summed E-state index contributed by atoms with van der Waals surface area (Å²) in [5, 5.41) is 7.50. The Labute approximate surface area is 107 Å². The minimum atomic E-state index is 0.643. The first-order valence-electron chi connectivity index (χ1n) is 6.17. The molecule has 5 nitrogen and oxygen atoms in total. The van der Waals surface area contributed by atoms with Gasteiger partial charge in [-0.05, 0) is 18.5 Å². The van der Waals surface area contributed by atoms with Crippen LogP contribution in [0.2, 0.25) is 0 Å². The van der Waals surface area contributed by atoms with Crippen LogP contribution in [0.15, 0.2) is 24.7 Å². The van der Waals surface area contributed by atoms with Gasteiger partial charge in [-0.15, -0.1) is 0 Å². The monoisotopic (exact) mass is 245 g/mol. The lowest BCUT2D eigenvalue weighted by Crippen LogP contribution is -2.19. The van der Waals surface area contributed by atoms with Gasteiger partial charge in [0.2, 0.25) is 0 Å². The van der Waals surface area contributed by atoms with Gasteiger partial charge in [0.05, 0.1) is 17.5 Å². The molecule has 96 valence electrons. The van der Waals surface area contributed by atoms with Gasteiger partial charge in [-0.25, -0.2) is 9.97 Å². The van der Waals surface area contributed by atoms with Gasteiger partial charge in [-0.3, -0.25) is 4.68 Å². The highest BCUT2D eigenvalue weighted by Crippen LogP contribution is 2.12. The Bertz CT molecular complexity index is 504. The van der Waals surface area contributed by atoms with Crippen LogP contribution in [0.25, 0.3) is 11.4 Å². The van der Waals surface area contributed by atoms with Crippen LogP contribution in [0.4, 0.5) is 0 Å². The van der Waals surface area contributed by atoms with Crippen molar-refractivity contribution < 1.29 is 0 Å². The summed E-state index contributed by atoms with van der Waals surface area (Å²) in [4.78, 5) is 8.80. The number of nitrogens with zero attached hydrogens (tertiary/aromatic N) is 4. The zero-order valence-corrected chi connectivity index (χ0v) is 11.1. The van der Waals surface area contributed by atoms with Crippen LogP contribution in [0, 0.1) is 5.92 Å². The summed E-state index contributed by atoms with van der Waals surface area (Å²) in [6.45, 7) is 6.14. The normalized spacial score (nSPS) is 11.1. The van der Waals surface area contributed by atoms with Gasteiger partial charge in [0.15, 0.2) is 5.82 Å².